The highest BCUT2D eigenvalue weighted by Crippen LogP contribution is 2.16. The lowest BCUT2D eigenvalue weighted by molar-refractivity contribution is 0.0701. The molecule has 6 nitrogen and oxygen atoms in total. The summed E-state index contributed by atoms with van der Waals surface area (Å²) in [6.07, 6.45) is 0. The van der Waals surface area contributed by atoms with Gasteiger partial charge in [-0.3, -0.25) is 4.79 Å². The number of carbonyl (C=O) groups is 1. The smallest absolute Gasteiger partial charge is 0.256 e. The molecule has 0 unspecified atom stereocenters. The summed E-state index contributed by atoms with van der Waals surface area (Å²) in [5.41, 5.74) is -0.325. The summed E-state index contributed by atoms with van der Waals surface area (Å²) < 4.78 is 41.1. The molecule has 8 heteroatoms. The molecular weight excluding hydrogens is 287 g/mol. The van der Waals surface area contributed by atoms with Gasteiger partial charge >= 0.3 is 0 Å². The maximum absolute atomic E-state index is 13.7. The second kappa shape index (κ2) is 6.78. The Morgan fingerprint density at radius 1 is 1.45 bits per heavy atom. The predicted octanol–water partition coefficient (Wildman–Crippen LogP) is 0.582. The van der Waals surface area contributed by atoms with Crippen molar-refractivity contribution in [2.75, 3.05) is 26.8 Å². The van der Waals surface area contributed by atoms with Crippen molar-refractivity contribution >= 4 is 15.9 Å². The summed E-state index contributed by atoms with van der Waals surface area (Å²) >= 11 is 0. The van der Waals surface area contributed by atoms with Crippen molar-refractivity contribution < 1.29 is 22.3 Å². The maximum atomic E-state index is 13.7. The zero-order chi connectivity index (χ0) is 15.3. The molecule has 112 valence electrons. The van der Waals surface area contributed by atoms with Crippen LogP contribution in [0.25, 0.3) is 0 Å². The molecule has 0 heterocycles. The number of rotatable bonds is 6. The number of sulfonamides is 1. The average molecular weight is 304 g/mol. The van der Waals surface area contributed by atoms with E-state index in [1.807, 2.05) is 0 Å². The molecule has 0 aliphatic rings. The van der Waals surface area contributed by atoms with E-state index < -0.39 is 21.7 Å². The van der Waals surface area contributed by atoms with Gasteiger partial charge < -0.3 is 9.64 Å². The number of likely N-dealkylation sites (N-methyl/N-ethyl adjacent to an activating group) is 1. The zero-order valence-corrected chi connectivity index (χ0v) is 12.1. The Bertz CT molecular complexity index is 589. The van der Waals surface area contributed by atoms with Crippen LogP contribution >= 0.6 is 0 Å². The molecule has 1 amide bonds. The van der Waals surface area contributed by atoms with Gasteiger partial charge in [-0.05, 0) is 25.1 Å². The third-order valence-electron chi connectivity index (χ3n) is 2.73. The molecule has 1 aromatic rings. The second-order valence-corrected chi connectivity index (χ2v) is 5.63. The van der Waals surface area contributed by atoms with E-state index in [2.05, 4.69) is 0 Å². The standard InChI is InChI=1S/C12H17FN2O4S/c1-3-15(6-7-19-2)12(16)10-8-9(20(14,17)18)4-5-11(10)13/h4-5,8H,3,6-7H2,1-2H3,(H2,14,17,18). The normalized spacial score (nSPS) is 11.4. The fraction of sp³-hybridized carbons (Fsp3) is 0.417. The van der Waals surface area contributed by atoms with Gasteiger partial charge in [0, 0.05) is 20.2 Å². The molecule has 1 aromatic carbocycles. The number of ether oxygens (including phenoxy) is 1. The van der Waals surface area contributed by atoms with Crippen molar-refractivity contribution in [1.82, 2.24) is 4.90 Å². The number of benzene rings is 1. The monoisotopic (exact) mass is 304 g/mol. The Labute approximate surface area is 117 Å². The lowest BCUT2D eigenvalue weighted by Gasteiger charge is -2.20. The fourth-order valence-corrected chi connectivity index (χ4v) is 2.16. The van der Waals surface area contributed by atoms with Crippen LogP contribution in [0.5, 0.6) is 0 Å². The Hall–Kier alpha value is -1.51. The first-order valence-electron chi connectivity index (χ1n) is 5.91. The van der Waals surface area contributed by atoms with E-state index in [1.165, 1.54) is 12.0 Å². The third-order valence-corrected chi connectivity index (χ3v) is 3.64. The minimum Gasteiger partial charge on any atom is -0.383 e. The highest BCUT2D eigenvalue weighted by Gasteiger charge is 2.20. The van der Waals surface area contributed by atoms with Gasteiger partial charge in [-0.15, -0.1) is 0 Å². The van der Waals surface area contributed by atoms with Crippen molar-refractivity contribution in [1.29, 1.82) is 0 Å². The van der Waals surface area contributed by atoms with Gasteiger partial charge in [-0.1, -0.05) is 0 Å². The van der Waals surface area contributed by atoms with Gasteiger partial charge in [-0.25, -0.2) is 17.9 Å². The van der Waals surface area contributed by atoms with Crippen LogP contribution < -0.4 is 5.14 Å². The van der Waals surface area contributed by atoms with Crippen molar-refractivity contribution in [3.63, 3.8) is 0 Å². The zero-order valence-electron chi connectivity index (χ0n) is 11.3. The molecule has 0 radical (unpaired) electrons. The molecular formula is C12H17FN2O4S. The Balaban J connectivity index is 3.14. The van der Waals surface area contributed by atoms with E-state index in [-0.39, 0.29) is 17.0 Å². The minimum atomic E-state index is -3.99. The molecule has 0 bridgehead atoms. The average Bonchev–Trinajstić information content (AvgIpc) is 2.38. The quantitative estimate of drug-likeness (QED) is 0.832. The van der Waals surface area contributed by atoms with Gasteiger partial charge in [0.05, 0.1) is 17.1 Å². The van der Waals surface area contributed by atoms with Gasteiger partial charge in [0.2, 0.25) is 10.0 Å². The number of halogens is 1. The second-order valence-electron chi connectivity index (χ2n) is 4.06. The van der Waals surface area contributed by atoms with Crippen LogP contribution in [-0.2, 0) is 14.8 Å². The molecule has 0 aliphatic heterocycles. The number of carbonyl (C=O) groups excluding carboxylic acids is 1. The number of nitrogens with two attached hydrogens (primary N) is 1. The molecule has 0 fully saturated rings. The lowest BCUT2D eigenvalue weighted by Crippen LogP contribution is -2.34. The van der Waals surface area contributed by atoms with Crippen LogP contribution in [0, 0.1) is 5.82 Å². The van der Waals surface area contributed by atoms with Crippen molar-refractivity contribution in [2.45, 2.75) is 11.8 Å². The van der Waals surface area contributed by atoms with Crippen molar-refractivity contribution in [2.24, 2.45) is 5.14 Å². The SMILES string of the molecule is CCN(CCOC)C(=O)c1cc(S(N)(=O)=O)ccc1F. The van der Waals surface area contributed by atoms with E-state index in [0.717, 1.165) is 18.2 Å². The van der Waals surface area contributed by atoms with E-state index in [4.69, 9.17) is 9.88 Å². The number of nitrogens with zero attached hydrogens (tertiary/aromatic N) is 1. The van der Waals surface area contributed by atoms with Gasteiger partial charge in [0.15, 0.2) is 0 Å². The van der Waals surface area contributed by atoms with E-state index in [9.17, 15) is 17.6 Å². The number of hydrogen-bond donors (Lipinski definition) is 1. The first kappa shape index (κ1) is 16.5. The first-order chi connectivity index (χ1) is 9.31. The number of primary sulfonamides is 1. The van der Waals surface area contributed by atoms with E-state index in [0.29, 0.717) is 13.2 Å². The summed E-state index contributed by atoms with van der Waals surface area (Å²) in [6.45, 7) is 2.66. The molecule has 2 N–H and O–H groups in total. The lowest BCUT2D eigenvalue weighted by atomic mass is 10.2. The van der Waals surface area contributed by atoms with Gasteiger partial charge in [0.25, 0.3) is 5.91 Å². The number of hydrogen-bond acceptors (Lipinski definition) is 4. The van der Waals surface area contributed by atoms with Crippen LogP contribution in [0.2, 0.25) is 0 Å². The summed E-state index contributed by atoms with van der Waals surface area (Å²) in [5.74, 6) is -1.40. The summed E-state index contributed by atoms with van der Waals surface area (Å²) in [4.78, 5) is 13.2. The molecule has 0 atom stereocenters. The Morgan fingerprint density at radius 3 is 2.60 bits per heavy atom. The predicted molar refractivity (Wildman–Crippen MR) is 71.2 cm³/mol. The molecule has 0 aromatic heterocycles. The molecule has 0 saturated carbocycles. The Morgan fingerprint density at radius 2 is 2.10 bits per heavy atom. The highest BCUT2D eigenvalue weighted by atomic mass is 32.2. The van der Waals surface area contributed by atoms with Crippen molar-refractivity contribution in [3.8, 4) is 0 Å². The van der Waals surface area contributed by atoms with Crippen LogP contribution in [0.15, 0.2) is 23.1 Å². The largest absolute Gasteiger partial charge is 0.383 e. The van der Waals surface area contributed by atoms with Crippen LogP contribution in [0.1, 0.15) is 17.3 Å². The molecule has 0 saturated heterocycles. The third kappa shape index (κ3) is 3.99. The summed E-state index contributed by atoms with van der Waals surface area (Å²) in [7, 11) is -2.50. The molecule has 0 aliphatic carbocycles. The highest BCUT2D eigenvalue weighted by molar-refractivity contribution is 7.89. The van der Waals surface area contributed by atoms with E-state index in [1.54, 1.807) is 6.92 Å². The van der Waals surface area contributed by atoms with Gasteiger partial charge in [-0.2, -0.15) is 0 Å². The molecule has 0 spiro atoms. The summed E-state index contributed by atoms with van der Waals surface area (Å²) in [6, 6.07) is 2.88. The fourth-order valence-electron chi connectivity index (χ4n) is 1.62. The Kier molecular flexibility index (Phi) is 5.61. The topological polar surface area (TPSA) is 89.7 Å². The van der Waals surface area contributed by atoms with Crippen LogP contribution in [0.4, 0.5) is 4.39 Å². The number of amides is 1. The van der Waals surface area contributed by atoms with Crippen LogP contribution in [0.3, 0.4) is 0 Å². The van der Waals surface area contributed by atoms with Crippen LogP contribution in [-0.4, -0.2) is 46.0 Å². The van der Waals surface area contributed by atoms with Gasteiger partial charge in [0.1, 0.15) is 5.82 Å². The minimum absolute atomic E-state index is 0.283. The van der Waals surface area contributed by atoms with Crippen molar-refractivity contribution in [3.05, 3.63) is 29.6 Å². The summed E-state index contributed by atoms with van der Waals surface area (Å²) in [5, 5.41) is 4.97. The molecule has 1 rings (SSSR count). The first-order valence-corrected chi connectivity index (χ1v) is 7.46. The van der Waals surface area contributed by atoms with E-state index >= 15 is 0 Å². The number of methoxy groups -OCH3 is 1. The maximum Gasteiger partial charge on any atom is 0.256 e. The molecule has 20 heavy (non-hydrogen) atoms.